The molecule has 0 aliphatic heterocycles. The molecule has 0 spiro atoms. The first-order valence-electron chi connectivity index (χ1n) is 7.22. The Labute approximate surface area is 136 Å². The first-order chi connectivity index (χ1) is 10.5. The van der Waals surface area contributed by atoms with Crippen LogP contribution in [0.3, 0.4) is 0 Å². The number of halogens is 1. The Morgan fingerprint density at radius 3 is 2.27 bits per heavy atom. The van der Waals surface area contributed by atoms with Crippen molar-refractivity contribution in [1.29, 1.82) is 0 Å². The highest BCUT2D eigenvalue weighted by Gasteiger charge is 2.07. The molecule has 0 aromatic heterocycles. The first-order valence-corrected chi connectivity index (χ1v) is 7.59. The van der Waals surface area contributed by atoms with Gasteiger partial charge in [-0.05, 0) is 56.2 Å². The van der Waals surface area contributed by atoms with E-state index >= 15 is 0 Å². The molecule has 1 amide bonds. The lowest BCUT2D eigenvalue weighted by Crippen LogP contribution is -2.28. The molecule has 0 aliphatic rings. The van der Waals surface area contributed by atoms with E-state index in [-0.39, 0.29) is 5.91 Å². The van der Waals surface area contributed by atoms with Crippen LogP contribution in [0.25, 0.3) is 0 Å². The molecule has 2 aromatic carbocycles. The largest absolute Gasteiger partial charge is 0.491 e. The fourth-order valence-corrected chi connectivity index (χ4v) is 2.54. The third-order valence-electron chi connectivity index (χ3n) is 3.35. The standard InChI is InChI=1S/C18H20ClNO2/c1-12-10-13(2)17(14(3)11-12)22-9-8-20-18(21)15-4-6-16(19)7-5-15/h4-7,10-11H,8-9H2,1-3H3,(H,20,21). The van der Waals surface area contributed by atoms with Gasteiger partial charge in [-0.2, -0.15) is 0 Å². The Bertz CT molecular complexity index is 642. The van der Waals surface area contributed by atoms with Crippen LogP contribution in [-0.4, -0.2) is 19.1 Å². The van der Waals surface area contributed by atoms with Crippen LogP contribution >= 0.6 is 11.6 Å². The first kappa shape index (κ1) is 16.4. The maximum Gasteiger partial charge on any atom is 0.251 e. The van der Waals surface area contributed by atoms with Gasteiger partial charge in [0.15, 0.2) is 0 Å². The van der Waals surface area contributed by atoms with Crippen LogP contribution in [0, 0.1) is 20.8 Å². The van der Waals surface area contributed by atoms with Crippen LogP contribution in [-0.2, 0) is 0 Å². The second kappa shape index (κ2) is 7.32. The van der Waals surface area contributed by atoms with Crippen molar-refractivity contribution in [2.75, 3.05) is 13.2 Å². The summed E-state index contributed by atoms with van der Waals surface area (Å²) >= 11 is 5.80. The highest BCUT2D eigenvalue weighted by molar-refractivity contribution is 6.30. The molecule has 0 fully saturated rings. The van der Waals surface area contributed by atoms with Gasteiger partial charge in [-0.3, -0.25) is 4.79 Å². The molecule has 0 atom stereocenters. The molecule has 0 saturated heterocycles. The predicted octanol–water partition coefficient (Wildman–Crippen LogP) is 4.07. The summed E-state index contributed by atoms with van der Waals surface area (Å²) in [6, 6.07) is 11.0. The van der Waals surface area contributed by atoms with E-state index in [0.29, 0.717) is 23.7 Å². The van der Waals surface area contributed by atoms with E-state index in [1.807, 2.05) is 13.8 Å². The van der Waals surface area contributed by atoms with Gasteiger partial charge >= 0.3 is 0 Å². The number of hydrogen-bond acceptors (Lipinski definition) is 2. The molecule has 0 unspecified atom stereocenters. The molecule has 0 radical (unpaired) electrons. The van der Waals surface area contributed by atoms with Crippen LogP contribution < -0.4 is 10.1 Å². The van der Waals surface area contributed by atoms with Crippen molar-refractivity contribution in [3.05, 3.63) is 63.7 Å². The maximum atomic E-state index is 11.9. The predicted molar refractivity (Wildman–Crippen MR) is 89.9 cm³/mol. The molecule has 0 saturated carbocycles. The highest BCUT2D eigenvalue weighted by atomic mass is 35.5. The molecule has 1 N–H and O–H groups in total. The van der Waals surface area contributed by atoms with Crippen molar-refractivity contribution < 1.29 is 9.53 Å². The average molecular weight is 318 g/mol. The Kier molecular flexibility index (Phi) is 5.45. The zero-order valence-electron chi connectivity index (χ0n) is 13.1. The number of benzene rings is 2. The summed E-state index contributed by atoms with van der Waals surface area (Å²) in [5.41, 5.74) is 4.04. The Hall–Kier alpha value is -2.00. The van der Waals surface area contributed by atoms with E-state index in [1.165, 1.54) is 5.56 Å². The molecule has 0 aliphatic carbocycles. The minimum atomic E-state index is -0.127. The van der Waals surface area contributed by atoms with Gasteiger partial charge in [0.1, 0.15) is 12.4 Å². The summed E-state index contributed by atoms with van der Waals surface area (Å²) in [4.78, 5) is 11.9. The van der Waals surface area contributed by atoms with E-state index in [9.17, 15) is 4.79 Å². The smallest absolute Gasteiger partial charge is 0.251 e. The number of rotatable bonds is 5. The van der Waals surface area contributed by atoms with Gasteiger partial charge in [-0.25, -0.2) is 0 Å². The molecule has 0 heterocycles. The summed E-state index contributed by atoms with van der Waals surface area (Å²) in [5.74, 6) is 0.768. The molecule has 3 nitrogen and oxygen atoms in total. The van der Waals surface area contributed by atoms with E-state index in [0.717, 1.165) is 16.9 Å². The van der Waals surface area contributed by atoms with Gasteiger partial charge in [0.2, 0.25) is 0 Å². The van der Waals surface area contributed by atoms with Crippen LogP contribution in [0.15, 0.2) is 36.4 Å². The average Bonchev–Trinajstić information content (AvgIpc) is 2.46. The Balaban J connectivity index is 1.85. The fourth-order valence-electron chi connectivity index (χ4n) is 2.42. The van der Waals surface area contributed by atoms with Gasteiger partial charge in [0, 0.05) is 10.6 Å². The lowest BCUT2D eigenvalue weighted by Gasteiger charge is -2.13. The number of aryl methyl sites for hydroxylation is 3. The van der Waals surface area contributed by atoms with Gasteiger partial charge in [0.25, 0.3) is 5.91 Å². The minimum absolute atomic E-state index is 0.127. The minimum Gasteiger partial charge on any atom is -0.491 e. The van der Waals surface area contributed by atoms with Gasteiger partial charge in [0.05, 0.1) is 6.54 Å². The summed E-state index contributed by atoms with van der Waals surface area (Å²) in [5, 5.41) is 3.45. The van der Waals surface area contributed by atoms with Gasteiger partial charge in [-0.1, -0.05) is 29.3 Å². The number of hydrogen-bond donors (Lipinski definition) is 1. The highest BCUT2D eigenvalue weighted by Crippen LogP contribution is 2.24. The van der Waals surface area contributed by atoms with Crippen LogP contribution in [0.1, 0.15) is 27.0 Å². The van der Waals surface area contributed by atoms with E-state index in [1.54, 1.807) is 24.3 Å². The lowest BCUT2D eigenvalue weighted by atomic mass is 10.1. The summed E-state index contributed by atoms with van der Waals surface area (Å²) in [7, 11) is 0. The van der Waals surface area contributed by atoms with E-state index in [2.05, 4.69) is 24.4 Å². The molecule has 2 rings (SSSR count). The van der Waals surface area contributed by atoms with Crippen molar-refractivity contribution in [2.24, 2.45) is 0 Å². The molecule has 2 aromatic rings. The van der Waals surface area contributed by atoms with Crippen molar-refractivity contribution in [2.45, 2.75) is 20.8 Å². The SMILES string of the molecule is Cc1cc(C)c(OCCNC(=O)c2ccc(Cl)cc2)c(C)c1. The van der Waals surface area contributed by atoms with Crippen molar-refractivity contribution in [3.8, 4) is 5.75 Å². The quantitative estimate of drug-likeness (QED) is 0.844. The molecule has 0 bridgehead atoms. The van der Waals surface area contributed by atoms with Crippen molar-refractivity contribution in [1.82, 2.24) is 5.32 Å². The number of nitrogens with one attached hydrogen (secondary N) is 1. The summed E-state index contributed by atoms with van der Waals surface area (Å²) in [6.45, 7) is 7.01. The normalized spacial score (nSPS) is 10.4. The van der Waals surface area contributed by atoms with Gasteiger partial charge in [-0.15, -0.1) is 0 Å². The topological polar surface area (TPSA) is 38.3 Å². The van der Waals surface area contributed by atoms with Crippen LogP contribution in [0.2, 0.25) is 5.02 Å². The van der Waals surface area contributed by atoms with Crippen LogP contribution in [0.4, 0.5) is 0 Å². The number of carbonyl (C=O) groups excluding carboxylic acids is 1. The monoisotopic (exact) mass is 317 g/mol. The van der Waals surface area contributed by atoms with Crippen LogP contribution in [0.5, 0.6) is 5.75 Å². The second-order valence-corrected chi connectivity index (χ2v) is 5.78. The Morgan fingerprint density at radius 1 is 1.09 bits per heavy atom. The molecular weight excluding hydrogens is 298 g/mol. The summed E-state index contributed by atoms with van der Waals surface area (Å²) in [6.07, 6.45) is 0. The third kappa shape index (κ3) is 4.25. The Morgan fingerprint density at radius 2 is 1.68 bits per heavy atom. The van der Waals surface area contributed by atoms with E-state index < -0.39 is 0 Å². The molecule has 4 heteroatoms. The van der Waals surface area contributed by atoms with E-state index in [4.69, 9.17) is 16.3 Å². The fraction of sp³-hybridized carbons (Fsp3) is 0.278. The zero-order chi connectivity index (χ0) is 16.1. The van der Waals surface area contributed by atoms with Crippen molar-refractivity contribution in [3.63, 3.8) is 0 Å². The number of amides is 1. The summed E-state index contributed by atoms with van der Waals surface area (Å²) < 4.78 is 5.79. The lowest BCUT2D eigenvalue weighted by molar-refractivity contribution is 0.0947. The molecule has 22 heavy (non-hydrogen) atoms. The number of ether oxygens (including phenoxy) is 1. The van der Waals surface area contributed by atoms with Gasteiger partial charge < -0.3 is 10.1 Å². The second-order valence-electron chi connectivity index (χ2n) is 5.34. The third-order valence-corrected chi connectivity index (χ3v) is 3.60. The molecular formula is C18H20ClNO2. The van der Waals surface area contributed by atoms with Crippen molar-refractivity contribution >= 4 is 17.5 Å². The zero-order valence-corrected chi connectivity index (χ0v) is 13.8. The number of carbonyl (C=O) groups is 1. The molecule has 116 valence electrons. The maximum absolute atomic E-state index is 11.9.